The number of aliphatic hydroxyl groups is 1. The van der Waals surface area contributed by atoms with Gasteiger partial charge in [-0.15, -0.1) is 0 Å². The fourth-order valence-corrected chi connectivity index (χ4v) is 8.11. The lowest BCUT2D eigenvalue weighted by Crippen LogP contribution is -2.52. The molecule has 6 rings (SSSR count). The second kappa shape index (κ2) is 10.8. The highest BCUT2D eigenvalue weighted by Gasteiger charge is 2.47. The van der Waals surface area contributed by atoms with Crippen LogP contribution in [0.4, 0.5) is 0 Å². The highest BCUT2D eigenvalue weighted by molar-refractivity contribution is 6.41. The van der Waals surface area contributed by atoms with Crippen molar-refractivity contribution in [2.24, 2.45) is 17.0 Å². The van der Waals surface area contributed by atoms with Crippen LogP contribution in [0.3, 0.4) is 0 Å². The minimum atomic E-state index is -1.39. The van der Waals surface area contributed by atoms with Crippen LogP contribution in [-0.4, -0.2) is 67.7 Å². The summed E-state index contributed by atoms with van der Waals surface area (Å²) in [6.07, 6.45) is 13.7. The van der Waals surface area contributed by atoms with Crippen LogP contribution in [0.5, 0.6) is 0 Å². The van der Waals surface area contributed by atoms with Crippen LogP contribution in [0, 0.1) is 11.8 Å². The summed E-state index contributed by atoms with van der Waals surface area (Å²) >= 11 is 0. The van der Waals surface area contributed by atoms with Crippen LogP contribution in [0.25, 0.3) is 11.0 Å². The maximum Gasteiger partial charge on any atom is 0.360 e. The molecule has 0 amide bonds. The number of aliphatic hydroxyl groups excluding tert-OH is 1. The van der Waals surface area contributed by atoms with Crippen molar-refractivity contribution in [2.45, 2.75) is 94.8 Å². The molecular formula is C29H38N4O5. The quantitative estimate of drug-likeness (QED) is 0.323. The Kier molecular flexibility index (Phi) is 7.22. The average Bonchev–Trinajstić information content (AvgIpc) is 3.06. The molecule has 4 aliphatic rings. The van der Waals surface area contributed by atoms with Gasteiger partial charge in [0, 0.05) is 24.2 Å². The molecule has 9 heteroatoms. The van der Waals surface area contributed by atoms with Gasteiger partial charge in [-0.25, -0.2) is 9.78 Å². The molecule has 38 heavy (non-hydrogen) atoms. The molecule has 1 aromatic heterocycles. The van der Waals surface area contributed by atoms with Crippen LogP contribution in [0.15, 0.2) is 34.2 Å². The van der Waals surface area contributed by atoms with Crippen molar-refractivity contribution >= 4 is 22.7 Å². The first kappa shape index (κ1) is 25.5. The molecule has 2 aliphatic heterocycles. The molecule has 6 atom stereocenters. The van der Waals surface area contributed by atoms with E-state index in [1.807, 2.05) is 18.2 Å². The molecule has 4 bridgehead atoms. The number of benzene rings is 1. The summed E-state index contributed by atoms with van der Waals surface area (Å²) in [5, 5.41) is 22.5. The molecule has 2 saturated carbocycles. The Hall–Kier alpha value is -2.78. The largest absolute Gasteiger partial charge is 0.476 e. The van der Waals surface area contributed by atoms with E-state index < -0.39 is 17.2 Å². The summed E-state index contributed by atoms with van der Waals surface area (Å²) in [4.78, 5) is 38.1. The highest BCUT2D eigenvalue weighted by atomic mass is 16.6. The molecule has 2 unspecified atom stereocenters. The first-order valence-corrected chi connectivity index (χ1v) is 14.4. The van der Waals surface area contributed by atoms with Gasteiger partial charge >= 0.3 is 5.97 Å². The summed E-state index contributed by atoms with van der Waals surface area (Å²) in [5.41, 5.74) is 0.0839. The van der Waals surface area contributed by atoms with Crippen LogP contribution in [0.1, 0.15) is 82.4 Å². The van der Waals surface area contributed by atoms with Crippen molar-refractivity contribution in [2.75, 3.05) is 13.2 Å². The normalized spacial score (nSPS) is 31.8. The summed E-state index contributed by atoms with van der Waals surface area (Å²) < 4.78 is 1.78. The van der Waals surface area contributed by atoms with Gasteiger partial charge in [-0.2, -0.15) is 0 Å². The number of piperidine rings is 1. The Bertz CT molecular complexity index is 1250. The smallest absolute Gasteiger partial charge is 0.360 e. The van der Waals surface area contributed by atoms with Gasteiger partial charge in [0.05, 0.1) is 17.6 Å². The number of hydrogen-bond donors (Lipinski definition) is 2. The number of fused-ring (bicyclic) bond motifs is 5. The van der Waals surface area contributed by atoms with E-state index in [0.717, 1.165) is 43.0 Å². The number of carboxylic acid groups (broad SMARTS) is 1. The van der Waals surface area contributed by atoms with E-state index in [0.29, 0.717) is 23.6 Å². The number of hydrogen-bond acceptors (Lipinski definition) is 7. The van der Waals surface area contributed by atoms with Crippen LogP contribution in [-0.2, 0) is 9.63 Å². The van der Waals surface area contributed by atoms with Crippen molar-refractivity contribution < 1.29 is 19.8 Å². The zero-order valence-electron chi connectivity index (χ0n) is 21.9. The molecule has 0 radical (unpaired) electrons. The lowest BCUT2D eigenvalue weighted by atomic mass is 9.76. The number of oxime groups is 1. The number of carboxylic acids is 1. The molecule has 204 valence electrons. The minimum absolute atomic E-state index is 0.0258. The fourth-order valence-electron chi connectivity index (χ4n) is 8.11. The van der Waals surface area contributed by atoms with E-state index in [9.17, 15) is 14.7 Å². The molecule has 2 N–H and O–H groups in total. The van der Waals surface area contributed by atoms with Crippen LogP contribution >= 0.6 is 0 Å². The second-order valence-electron chi connectivity index (χ2n) is 11.8. The Morgan fingerprint density at radius 3 is 2.29 bits per heavy atom. The lowest BCUT2D eigenvalue weighted by Gasteiger charge is -2.48. The van der Waals surface area contributed by atoms with Gasteiger partial charge in [0.15, 0.2) is 5.69 Å². The monoisotopic (exact) mass is 522 g/mol. The predicted octanol–water partition coefficient (Wildman–Crippen LogP) is 3.72. The van der Waals surface area contributed by atoms with Gasteiger partial charge in [-0.1, -0.05) is 43.0 Å². The van der Waals surface area contributed by atoms with Gasteiger partial charge in [-0.05, 0) is 68.9 Å². The number of aromatic nitrogens is 2. The third-order valence-electron chi connectivity index (χ3n) is 9.46. The van der Waals surface area contributed by atoms with Gasteiger partial charge in [0.2, 0.25) is 5.71 Å². The molecule has 9 nitrogen and oxygen atoms in total. The summed E-state index contributed by atoms with van der Waals surface area (Å²) in [6, 6.07) is 8.96. The van der Waals surface area contributed by atoms with E-state index in [1.54, 1.807) is 10.6 Å². The molecule has 2 aliphatic carbocycles. The molecule has 4 fully saturated rings. The molecule has 0 spiro atoms. The van der Waals surface area contributed by atoms with Gasteiger partial charge < -0.3 is 19.6 Å². The molecular weight excluding hydrogens is 484 g/mol. The van der Waals surface area contributed by atoms with Crippen molar-refractivity contribution in [3.05, 3.63) is 40.3 Å². The van der Waals surface area contributed by atoms with E-state index >= 15 is 0 Å². The summed E-state index contributed by atoms with van der Waals surface area (Å²) in [6.45, 7) is -0.473. The van der Waals surface area contributed by atoms with Crippen molar-refractivity contribution in [3.63, 3.8) is 0 Å². The van der Waals surface area contributed by atoms with E-state index in [2.05, 4.69) is 15.0 Å². The minimum Gasteiger partial charge on any atom is -0.476 e. The highest BCUT2D eigenvalue weighted by Crippen LogP contribution is 2.47. The number of para-hydroxylation sites is 2. The van der Waals surface area contributed by atoms with E-state index in [-0.39, 0.29) is 24.9 Å². The SMILES string of the molecule is O=C(O)C(=NOCCO)c1nc2ccccc2n(C2C[C@H]3CC[C@@H](C2)N3C2C[C@H]3CCCC[C@@H](C2)C3)c1=O. The maximum atomic E-state index is 13.9. The Morgan fingerprint density at radius 1 is 0.947 bits per heavy atom. The first-order chi connectivity index (χ1) is 18.5. The van der Waals surface area contributed by atoms with Crippen molar-refractivity contribution in [3.8, 4) is 0 Å². The number of carbonyl (C=O) groups is 1. The first-order valence-electron chi connectivity index (χ1n) is 14.4. The third-order valence-corrected chi connectivity index (χ3v) is 9.46. The van der Waals surface area contributed by atoms with Gasteiger partial charge in [0.1, 0.15) is 6.61 Å². The summed E-state index contributed by atoms with van der Waals surface area (Å²) in [5.74, 6) is 0.354. The zero-order valence-corrected chi connectivity index (χ0v) is 21.9. The molecule has 1 aromatic carbocycles. The summed E-state index contributed by atoms with van der Waals surface area (Å²) in [7, 11) is 0. The van der Waals surface area contributed by atoms with Crippen molar-refractivity contribution in [1.29, 1.82) is 0 Å². The van der Waals surface area contributed by atoms with E-state index in [4.69, 9.17) is 9.94 Å². The number of rotatable bonds is 7. The molecule has 3 heterocycles. The lowest BCUT2D eigenvalue weighted by molar-refractivity contribution is -0.129. The topological polar surface area (TPSA) is 117 Å². The Morgan fingerprint density at radius 2 is 1.63 bits per heavy atom. The van der Waals surface area contributed by atoms with Crippen LogP contribution in [0.2, 0.25) is 0 Å². The Balaban J connectivity index is 1.33. The Labute approximate surface area is 222 Å². The van der Waals surface area contributed by atoms with Crippen molar-refractivity contribution in [1.82, 2.24) is 14.5 Å². The zero-order chi connectivity index (χ0) is 26.2. The average molecular weight is 523 g/mol. The maximum absolute atomic E-state index is 13.9. The van der Waals surface area contributed by atoms with Gasteiger partial charge in [-0.3, -0.25) is 9.69 Å². The number of aliphatic carboxylic acids is 1. The fraction of sp³-hybridized carbons (Fsp3) is 0.655. The van der Waals surface area contributed by atoms with E-state index in [1.165, 1.54) is 44.9 Å². The predicted molar refractivity (Wildman–Crippen MR) is 143 cm³/mol. The van der Waals surface area contributed by atoms with Crippen LogP contribution < -0.4 is 5.56 Å². The third kappa shape index (κ3) is 4.75. The molecule has 2 aromatic rings. The number of nitrogens with zero attached hydrogens (tertiary/aromatic N) is 4. The standard InChI is InChI=1S/C29H38N4O5/c34-11-12-38-31-27(29(36)37)26-28(35)33(25-8-4-3-7-24(25)30-26)23-16-20-9-10-21(17-23)32(20)22-14-18-5-1-2-6-19(13-18)15-22/h3-4,7-8,18-23,34H,1-2,5-6,9-17H2,(H,36,37)/t18-,19+,20-,21+,22?,23?. The second-order valence-corrected chi connectivity index (χ2v) is 11.8. The van der Waals surface area contributed by atoms with Gasteiger partial charge in [0.25, 0.3) is 5.56 Å². The molecule has 2 saturated heterocycles.